The monoisotopic (exact) mass is 966 g/mol. The normalized spacial score (nSPS) is 25.6. The van der Waals surface area contributed by atoms with Crippen molar-refractivity contribution in [3.63, 3.8) is 0 Å². The Morgan fingerprint density at radius 2 is 1.00 bits per heavy atom. The van der Waals surface area contributed by atoms with Gasteiger partial charge in [0.25, 0.3) is 0 Å². The van der Waals surface area contributed by atoms with E-state index in [2.05, 4.69) is 35.3 Å². The number of carbonyl (C=O) groups is 4. The number of aromatic nitrogens is 2. The van der Waals surface area contributed by atoms with Gasteiger partial charge in [0.05, 0.1) is 63.4 Å². The van der Waals surface area contributed by atoms with Gasteiger partial charge in [-0.05, 0) is 71.5 Å². The number of rotatable bonds is 14. The minimum absolute atomic E-state index is 0. The van der Waals surface area contributed by atoms with Crippen molar-refractivity contribution >= 4 is 45.7 Å². The summed E-state index contributed by atoms with van der Waals surface area (Å²) >= 11 is 0. The highest BCUT2D eigenvalue weighted by Gasteiger charge is 2.47. The molecule has 0 saturated carbocycles. The quantitative estimate of drug-likeness (QED) is 0.0535. The van der Waals surface area contributed by atoms with E-state index in [0.717, 1.165) is 83.5 Å². The number of carboxylic acid groups (broad SMARTS) is 4. The van der Waals surface area contributed by atoms with Crippen molar-refractivity contribution in [2.45, 2.75) is 74.4 Å². The molecule has 0 spiro atoms. The Morgan fingerprint density at radius 1 is 0.638 bits per heavy atom. The predicted molar refractivity (Wildman–Crippen MR) is 241 cm³/mol. The van der Waals surface area contributed by atoms with Gasteiger partial charge >= 0.3 is 11.9 Å². The number of aliphatic carboxylic acids is 4. The number of hydrogen-bond donors (Lipinski definition) is 10. The molecule has 2 aromatic heterocycles. The van der Waals surface area contributed by atoms with Crippen LogP contribution in [0.1, 0.15) is 49.0 Å². The molecule has 12 N–H and O–H groups in total. The van der Waals surface area contributed by atoms with Crippen LogP contribution in [0.15, 0.2) is 86.2 Å². The van der Waals surface area contributed by atoms with Gasteiger partial charge in [-0.25, -0.2) is 9.59 Å². The summed E-state index contributed by atoms with van der Waals surface area (Å²) in [6.45, 7) is 12.5. The Labute approximate surface area is 397 Å². The van der Waals surface area contributed by atoms with Crippen LogP contribution in [0.25, 0.3) is 21.8 Å². The molecule has 376 valence electrons. The van der Waals surface area contributed by atoms with E-state index in [1.165, 1.54) is 22.6 Å². The maximum absolute atomic E-state index is 11.2. The zero-order valence-electron chi connectivity index (χ0n) is 38.2. The maximum Gasteiger partial charge on any atom is 0.335 e. The lowest BCUT2D eigenvalue weighted by Gasteiger charge is -2.47. The maximum atomic E-state index is 11.2. The highest BCUT2D eigenvalue weighted by atomic mass is 16.5. The fourth-order valence-electron chi connectivity index (χ4n) is 9.84. The zero-order chi connectivity index (χ0) is 50.0. The first kappa shape index (κ1) is 55.5. The number of aliphatic hydroxyl groups excluding tert-OH is 6. The van der Waals surface area contributed by atoms with Crippen LogP contribution in [-0.2, 0) is 19.2 Å². The molecule has 10 rings (SSSR count). The first-order valence-electron chi connectivity index (χ1n) is 22.1. The van der Waals surface area contributed by atoms with Crippen LogP contribution in [0.5, 0.6) is 11.5 Å². The van der Waals surface area contributed by atoms with Gasteiger partial charge in [0.15, 0.2) is 12.2 Å². The van der Waals surface area contributed by atoms with Gasteiger partial charge in [-0.1, -0.05) is 12.2 Å². The van der Waals surface area contributed by atoms with E-state index in [-0.39, 0.29) is 17.6 Å². The van der Waals surface area contributed by atoms with Crippen molar-refractivity contribution < 1.29 is 95.0 Å². The van der Waals surface area contributed by atoms with E-state index in [1.54, 1.807) is 26.6 Å². The largest absolute Gasteiger partial charge is 0.547 e. The molecule has 6 aliphatic rings. The van der Waals surface area contributed by atoms with Gasteiger partial charge in [-0.3, -0.25) is 9.97 Å². The number of fused-ring (bicyclic) bond motifs is 8. The fourth-order valence-corrected chi connectivity index (χ4v) is 9.84. The van der Waals surface area contributed by atoms with Gasteiger partial charge in [-0.2, -0.15) is 0 Å². The smallest absolute Gasteiger partial charge is 0.335 e. The van der Waals surface area contributed by atoms with Gasteiger partial charge in [0, 0.05) is 60.7 Å². The third-order valence-electron chi connectivity index (χ3n) is 13.6. The van der Waals surface area contributed by atoms with Crippen LogP contribution in [0.2, 0.25) is 0 Å². The molecule has 21 nitrogen and oxygen atoms in total. The Hall–Kier alpha value is -6.14. The second-order valence-corrected chi connectivity index (χ2v) is 17.4. The van der Waals surface area contributed by atoms with Crippen molar-refractivity contribution in [3.05, 3.63) is 97.4 Å². The van der Waals surface area contributed by atoms with Crippen LogP contribution in [0, 0.1) is 23.7 Å². The molecular weight excluding hydrogens is 905 g/mol. The summed E-state index contributed by atoms with van der Waals surface area (Å²) in [6.07, 6.45) is 2.11. The Balaban J connectivity index is 0.000000217. The first-order valence-corrected chi connectivity index (χ1v) is 22.1. The number of aliphatic hydroxyl groups is 6. The molecule has 0 radical (unpaired) electrons. The number of nitrogens with one attached hydrogen (secondary N) is 2. The van der Waals surface area contributed by atoms with E-state index in [0.29, 0.717) is 23.7 Å². The van der Waals surface area contributed by atoms with Crippen LogP contribution in [0.4, 0.5) is 0 Å². The number of quaternary nitrogens is 2. The number of methoxy groups -OCH3 is 2. The molecule has 4 aromatic rings. The number of hydrogen-bond acceptors (Lipinski definition) is 16. The lowest BCUT2D eigenvalue weighted by Crippen LogP contribution is -3.20. The standard InChI is InChI=1S/2C20H24N2O2.2C4H6O6.H2O/c2*1-3-13-12-22-9-7-14(13)10-19(22)20(23)16-6-8-21-18-5-4-15(24-2)11-17(16)18;2*5-1(3(7)8)2(6)4(9)10;/h2*3-6,8,11,13-14,19-20,23H,1,7,9-10,12H2,2H3;2*1-2,5-6H,(H,7,8)(H,9,10);1H2/t2*13-,14-,19-,20+;2*1-,2-;/m0000./s1. The van der Waals surface area contributed by atoms with Crippen LogP contribution < -0.4 is 29.5 Å². The van der Waals surface area contributed by atoms with Crippen LogP contribution >= 0.6 is 0 Å². The molecule has 0 aliphatic carbocycles. The lowest BCUT2D eigenvalue weighted by molar-refractivity contribution is -0.949. The second-order valence-electron chi connectivity index (χ2n) is 17.4. The predicted octanol–water partition coefficient (Wildman–Crippen LogP) is -4.23. The summed E-state index contributed by atoms with van der Waals surface area (Å²) in [5.41, 5.74) is 3.75. The van der Waals surface area contributed by atoms with Crippen molar-refractivity contribution in [3.8, 4) is 11.5 Å². The number of carbonyl (C=O) groups excluding carboxylic acids is 2. The molecule has 2 aromatic carbocycles. The number of nitrogens with zero attached hydrogens (tertiary/aromatic N) is 2. The lowest BCUT2D eigenvalue weighted by atomic mass is 9.73. The van der Waals surface area contributed by atoms with Gasteiger partial charge in [0.1, 0.15) is 48.0 Å². The molecule has 21 heteroatoms. The molecule has 14 atom stereocenters. The number of carboxylic acids is 4. The average Bonchev–Trinajstić information content (AvgIpc) is 3.36. The summed E-state index contributed by atoms with van der Waals surface area (Å²) in [4.78, 5) is 50.7. The van der Waals surface area contributed by atoms with E-state index in [4.69, 9.17) is 40.1 Å². The molecule has 8 heterocycles. The Kier molecular flexibility index (Phi) is 20.0. The van der Waals surface area contributed by atoms with Crippen LogP contribution in [-0.4, -0.2) is 157 Å². The highest BCUT2D eigenvalue weighted by molar-refractivity contribution is 5.85. The third kappa shape index (κ3) is 13.1. The SMILES string of the molecule is C=C[C@H]1C[NH+]2CC[C@H]1C[C@H]2[C@H](O)c1ccnc2ccc(OC)cc12.C=C[C@H]1C[NH+]2CC[C@H]1C[C@H]2[C@H](O)c1ccnc2ccc(OC)cc12.O.O=C([O-])[C@@H](O)[C@H](O)C(=O)O.O=C([O-])[C@@H](O)[C@H](O)C(=O)O. The average molecular weight is 967 g/mol. The van der Waals surface area contributed by atoms with Gasteiger partial charge in [-0.15, -0.1) is 13.2 Å². The first-order chi connectivity index (χ1) is 32.3. The number of pyridine rings is 2. The summed E-state index contributed by atoms with van der Waals surface area (Å²) in [7, 11) is 3.33. The summed E-state index contributed by atoms with van der Waals surface area (Å²) in [5.74, 6) is -3.51. The number of piperidine rings is 6. The van der Waals surface area contributed by atoms with Gasteiger partial charge < -0.3 is 85.4 Å². The zero-order valence-corrected chi connectivity index (χ0v) is 38.2. The van der Waals surface area contributed by atoms with E-state index < -0.39 is 60.5 Å². The summed E-state index contributed by atoms with van der Waals surface area (Å²) in [6, 6.07) is 16.2. The Bertz CT molecular complexity index is 2220. The molecular formula is C48H62N4O17. The molecule has 0 amide bonds. The minimum Gasteiger partial charge on any atom is -0.547 e. The molecule has 6 fully saturated rings. The van der Waals surface area contributed by atoms with Crippen molar-refractivity contribution in [2.24, 2.45) is 23.7 Å². The topological polar surface area (TPSA) is 361 Å². The van der Waals surface area contributed by atoms with E-state index in [1.807, 2.05) is 48.5 Å². The molecule has 2 unspecified atom stereocenters. The van der Waals surface area contributed by atoms with E-state index in [9.17, 15) is 39.6 Å². The summed E-state index contributed by atoms with van der Waals surface area (Å²) in [5, 5.41) is 92.6. The molecule has 4 bridgehead atoms. The third-order valence-corrected chi connectivity index (χ3v) is 13.6. The molecule has 6 saturated heterocycles. The summed E-state index contributed by atoms with van der Waals surface area (Å²) < 4.78 is 10.7. The fraction of sp³-hybridized carbons (Fsp3) is 0.458. The van der Waals surface area contributed by atoms with Crippen molar-refractivity contribution in [1.29, 1.82) is 0 Å². The molecule has 69 heavy (non-hydrogen) atoms. The van der Waals surface area contributed by atoms with Crippen molar-refractivity contribution in [2.75, 3.05) is 40.4 Å². The molecule has 6 aliphatic heterocycles. The number of ether oxygens (including phenoxy) is 2. The van der Waals surface area contributed by atoms with Crippen LogP contribution in [0.3, 0.4) is 0 Å². The number of benzene rings is 2. The second kappa shape index (κ2) is 24.9. The Morgan fingerprint density at radius 3 is 1.26 bits per heavy atom. The minimum atomic E-state index is -2.38. The van der Waals surface area contributed by atoms with Gasteiger partial charge in [0.2, 0.25) is 0 Å². The highest BCUT2D eigenvalue weighted by Crippen LogP contribution is 2.36. The van der Waals surface area contributed by atoms with Crippen molar-refractivity contribution in [1.82, 2.24) is 9.97 Å². The van der Waals surface area contributed by atoms with E-state index >= 15 is 0 Å².